The van der Waals surface area contributed by atoms with Crippen molar-refractivity contribution in [1.82, 2.24) is 10.2 Å². The number of hydrogen-bond donors (Lipinski definition) is 2. The molecule has 25 heavy (non-hydrogen) atoms. The van der Waals surface area contributed by atoms with E-state index in [2.05, 4.69) is 10.2 Å². The number of carbonyl (C=O) groups is 1. The zero-order valence-electron chi connectivity index (χ0n) is 14.8. The molecule has 0 radical (unpaired) electrons. The summed E-state index contributed by atoms with van der Waals surface area (Å²) in [5.41, 5.74) is 7.44. The molecule has 1 heterocycles. The van der Waals surface area contributed by atoms with Gasteiger partial charge in [0, 0.05) is 30.9 Å². The molecule has 6 heteroatoms. The molecular formula is C19H31Cl2N3O. The lowest BCUT2D eigenvalue weighted by molar-refractivity contribution is -0.121. The van der Waals surface area contributed by atoms with Crippen LogP contribution in [0.3, 0.4) is 0 Å². The molecule has 4 nitrogen and oxygen atoms in total. The Labute approximate surface area is 163 Å². The van der Waals surface area contributed by atoms with E-state index >= 15 is 0 Å². The number of benzene rings is 1. The predicted octanol–water partition coefficient (Wildman–Crippen LogP) is 3.57. The number of halogens is 2. The van der Waals surface area contributed by atoms with Crippen molar-refractivity contribution in [2.45, 2.75) is 63.5 Å². The van der Waals surface area contributed by atoms with Crippen LogP contribution in [-0.4, -0.2) is 36.0 Å². The summed E-state index contributed by atoms with van der Waals surface area (Å²) in [7, 11) is 0. The van der Waals surface area contributed by atoms with Crippen LogP contribution in [-0.2, 0) is 11.2 Å². The largest absolute Gasteiger partial charge is 0.399 e. The van der Waals surface area contributed by atoms with Crippen molar-refractivity contribution >= 4 is 36.4 Å². The third-order valence-electron chi connectivity index (χ3n) is 5.33. The molecule has 1 saturated carbocycles. The van der Waals surface area contributed by atoms with Crippen molar-refractivity contribution in [3.63, 3.8) is 0 Å². The Kier molecular flexibility index (Phi) is 9.62. The second kappa shape index (κ2) is 10.9. The highest BCUT2D eigenvalue weighted by molar-refractivity contribution is 5.85. The Hall–Kier alpha value is -0.970. The molecule has 0 bridgehead atoms. The topological polar surface area (TPSA) is 58.4 Å². The smallest absolute Gasteiger partial charge is 0.224 e. The van der Waals surface area contributed by atoms with Gasteiger partial charge in [0.2, 0.25) is 5.91 Å². The molecular weight excluding hydrogens is 357 g/mol. The van der Waals surface area contributed by atoms with Crippen molar-refractivity contribution in [2.24, 2.45) is 0 Å². The molecule has 0 atom stereocenters. The summed E-state index contributed by atoms with van der Waals surface area (Å²) in [4.78, 5) is 14.8. The highest BCUT2D eigenvalue weighted by atomic mass is 35.5. The van der Waals surface area contributed by atoms with E-state index in [9.17, 15) is 4.79 Å². The van der Waals surface area contributed by atoms with Gasteiger partial charge in [-0.25, -0.2) is 0 Å². The molecule has 2 aliphatic rings. The number of rotatable bonds is 4. The maximum Gasteiger partial charge on any atom is 0.224 e. The van der Waals surface area contributed by atoms with E-state index in [0.717, 1.165) is 43.2 Å². The van der Waals surface area contributed by atoms with Crippen molar-refractivity contribution < 1.29 is 4.79 Å². The monoisotopic (exact) mass is 387 g/mol. The normalized spacial score (nSPS) is 19.5. The molecule has 0 unspecified atom stereocenters. The molecule has 3 rings (SSSR count). The zero-order valence-corrected chi connectivity index (χ0v) is 16.4. The van der Waals surface area contributed by atoms with Crippen LogP contribution in [0.4, 0.5) is 5.69 Å². The molecule has 1 aliphatic carbocycles. The molecule has 0 spiro atoms. The molecule has 1 amide bonds. The number of carbonyl (C=O) groups excluding carboxylic acids is 1. The summed E-state index contributed by atoms with van der Waals surface area (Å²) in [6, 6.07) is 8.71. The number of amides is 1. The highest BCUT2D eigenvalue weighted by Gasteiger charge is 2.26. The second-order valence-electron chi connectivity index (χ2n) is 7.09. The van der Waals surface area contributed by atoms with Gasteiger partial charge in [0.05, 0.1) is 6.42 Å². The third-order valence-corrected chi connectivity index (χ3v) is 5.33. The Morgan fingerprint density at radius 2 is 1.60 bits per heavy atom. The lowest BCUT2D eigenvalue weighted by Gasteiger charge is -2.39. The fourth-order valence-corrected chi connectivity index (χ4v) is 3.95. The SMILES string of the molecule is Cl.Cl.Nc1ccc(CC(=O)NC2CCN(C3CCCCC3)CC2)cc1. The summed E-state index contributed by atoms with van der Waals surface area (Å²) in [5.74, 6) is 0.130. The second-order valence-corrected chi connectivity index (χ2v) is 7.09. The van der Waals surface area contributed by atoms with Gasteiger partial charge in [0.15, 0.2) is 0 Å². The number of anilines is 1. The van der Waals surface area contributed by atoms with Crippen LogP contribution in [0.5, 0.6) is 0 Å². The van der Waals surface area contributed by atoms with Crippen molar-refractivity contribution in [1.29, 1.82) is 0 Å². The van der Waals surface area contributed by atoms with Crippen LogP contribution in [0.2, 0.25) is 0 Å². The molecule has 142 valence electrons. The predicted molar refractivity (Wildman–Crippen MR) is 109 cm³/mol. The van der Waals surface area contributed by atoms with Gasteiger partial charge in [0.25, 0.3) is 0 Å². The maximum atomic E-state index is 12.2. The number of likely N-dealkylation sites (tertiary alicyclic amines) is 1. The molecule has 1 aromatic rings. The maximum absolute atomic E-state index is 12.2. The fraction of sp³-hybridized carbons (Fsp3) is 0.632. The minimum Gasteiger partial charge on any atom is -0.399 e. The van der Waals surface area contributed by atoms with Crippen LogP contribution < -0.4 is 11.1 Å². The first kappa shape index (κ1) is 22.1. The highest BCUT2D eigenvalue weighted by Crippen LogP contribution is 2.25. The van der Waals surface area contributed by atoms with Crippen LogP contribution in [0, 0.1) is 0 Å². The third kappa shape index (κ3) is 6.69. The van der Waals surface area contributed by atoms with Gasteiger partial charge >= 0.3 is 0 Å². The van der Waals surface area contributed by atoms with E-state index in [-0.39, 0.29) is 30.7 Å². The first-order valence-corrected chi connectivity index (χ1v) is 9.08. The number of nitrogens with two attached hydrogens (primary N) is 1. The van der Waals surface area contributed by atoms with Crippen molar-refractivity contribution in [3.8, 4) is 0 Å². The summed E-state index contributed by atoms with van der Waals surface area (Å²) >= 11 is 0. The van der Waals surface area contributed by atoms with Gasteiger partial charge < -0.3 is 16.0 Å². The van der Waals surface area contributed by atoms with E-state index in [4.69, 9.17) is 5.73 Å². The Balaban J connectivity index is 0.00000156. The van der Waals surface area contributed by atoms with Gasteiger partial charge in [0.1, 0.15) is 0 Å². The van der Waals surface area contributed by atoms with Crippen molar-refractivity contribution in [2.75, 3.05) is 18.8 Å². The van der Waals surface area contributed by atoms with E-state index in [1.807, 2.05) is 24.3 Å². The lowest BCUT2D eigenvalue weighted by atomic mass is 9.92. The van der Waals surface area contributed by atoms with Crippen LogP contribution in [0.1, 0.15) is 50.5 Å². The average molecular weight is 388 g/mol. The van der Waals surface area contributed by atoms with Gasteiger partial charge in [-0.2, -0.15) is 0 Å². The molecule has 0 aromatic heterocycles. The number of nitrogens with zero attached hydrogens (tertiary/aromatic N) is 1. The van der Waals surface area contributed by atoms with E-state index < -0.39 is 0 Å². The zero-order chi connectivity index (χ0) is 16.1. The fourth-order valence-electron chi connectivity index (χ4n) is 3.95. The van der Waals surface area contributed by atoms with Crippen molar-refractivity contribution in [3.05, 3.63) is 29.8 Å². The number of hydrogen-bond acceptors (Lipinski definition) is 3. The van der Waals surface area contributed by atoms with Gasteiger partial charge in [-0.1, -0.05) is 31.4 Å². The van der Waals surface area contributed by atoms with E-state index in [1.165, 1.54) is 32.1 Å². The summed E-state index contributed by atoms with van der Waals surface area (Å²) < 4.78 is 0. The molecule has 3 N–H and O–H groups in total. The number of nitrogens with one attached hydrogen (secondary N) is 1. The van der Waals surface area contributed by atoms with E-state index in [1.54, 1.807) is 0 Å². The first-order valence-electron chi connectivity index (χ1n) is 9.08. The Morgan fingerprint density at radius 1 is 1.00 bits per heavy atom. The summed E-state index contributed by atoms with van der Waals surface area (Å²) in [6.45, 7) is 2.27. The summed E-state index contributed by atoms with van der Waals surface area (Å²) in [5, 5.41) is 3.21. The standard InChI is InChI=1S/C19H29N3O.2ClH/c20-16-8-6-15(7-9-16)14-19(23)21-17-10-12-22(13-11-17)18-4-2-1-3-5-18;;/h6-9,17-18H,1-5,10-14,20H2,(H,21,23);2*1H. The number of piperidine rings is 1. The van der Waals surface area contributed by atoms with Gasteiger partial charge in [-0.05, 0) is 43.4 Å². The molecule has 1 aliphatic heterocycles. The first-order chi connectivity index (χ1) is 11.2. The average Bonchev–Trinajstić information content (AvgIpc) is 2.58. The van der Waals surface area contributed by atoms with E-state index in [0.29, 0.717) is 12.5 Å². The molecule has 1 saturated heterocycles. The molecule has 1 aromatic carbocycles. The summed E-state index contributed by atoms with van der Waals surface area (Å²) in [6.07, 6.45) is 9.55. The van der Waals surface area contributed by atoms with Gasteiger partial charge in [-0.15, -0.1) is 24.8 Å². The lowest BCUT2D eigenvalue weighted by Crippen LogP contribution is -2.48. The minimum absolute atomic E-state index is 0. The Bertz CT molecular complexity index is 510. The van der Waals surface area contributed by atoms with Gasteiger partial charge in [-0.3, -0.25) is 4.79 Å². The van der Waals surface area contributed by atoms with Crippen LogP contribution >= 0.6 is 24.8 Å². The quantitative estimate of drug-likeness (QED) is 0.776. The minimum atomic E-state index is 0. The van der Waals surface area contributed by atoms with Crippen LogP contribution in [0.15, 0.2) is 24.3 Å². The number of nitrogen functional groups attached to an aromatic ring is 1. The molecule has 2 fully saturated rings. The Morgan fingerprint density at radius 3 is 2.20 bits per heavy atom. The van der Waals surface area contributed by atoms with Crippen LogP contribution in [0.25, 0.3) is 0 Å².